The van der Waals surface area contributed by atoms with Crippen molar-refractivity contribution in [2.24, 2.45) is 0 Å². The van der Waals surface area contributed by atoms with E-state index in [-0.39, 0.29) is 11.9 Å². The molecule has 1 unspecified atom stereocenters. The van der Waals surface area contributed by atoms with E-state index < -0.39 is 0 Å². The number of carbonyl (C=O) groups excluding carboxylic acids is 1. The number of aryl methyl sites for hydroxylation is 1. The molecule has 2 aromatic heterocycles. The van der Waals surface area contributed by atoms with E-state index in [1.54, 1.807) is 4.90 Å². The minimum atomic E-state index is -0.265. The van der Waals surface area contributed by atoms with Gasteiger partial charge in [-0.15, -0.1) is 0 Å². The number of anilines is 1. The average molecular weight is 463 g/mol. The van der Waals surface area contributed by atoms with Gasteiger partial charge in [0, 0.05) is 25.5 Å². The van der Waals surface area contributed by atoms with Gasteiger partial charge >= 0.3 is 0 Å². The summed E-state index contributed by atoms with van der Waals surface area (Å²) >= 11 is 1.20. The molecule has 0 spiro atoms. The number of rotatable bonds is 6. The van der Waals surface area contributed by atoms with E-state index in [1.807, 2.05) is 57.3 Å². The van der Waals surface area contributed by atoms with Crippen LogP contribution in [0.5, 0.6) is 5.75 Å². The minimum Gasteiger partial charge on any atom is -0.494 e. The van der Waals surface area contributed by atoms with Crippen LogP contribution in [0.1, 0.15) is 31.0 Å². The number of benzene rings is 2. The Morgan fingerprint density at radius 3 is 2.82 bits per heavy atom. The van der Waals surface area contributed by atoms with Gasteiger partial charge in [-0.25, -0.2) is 9.97 Å². The maximum atomic E-state index is 13.4. The molecule has 8 nitrogen and oxygen atoms in total. The number of ether oxygens (including phenoxy) is 1. The predicted octanol–water partition coefficient (Wildman–Crippen LogP) is 3.97. The zero-order chi connectivity index (χ0) is 22.9. The number of likely N-dealkylation sites (N-methyl/N-ethyl adjacent to an activating group) is 1. The van der Waals surface area contributed by atoms with Crippen LogP contribution in [0.15, 0.2) is 36.4 Å². The first-order chi connectivity index (χ1) is 16.0. The first-order valence-corrected chi connectivity index (χ1v) is 11.9. The molecule has 0 saturated carbocycles. The third-order valence-corrected chi connectivity index (χ3v) is 6.62. The quantitative estimate of drug-likeness (QED) is 0.429. The predicted molar refractivity (Wildman–Crippen MR) is 130 cm³/mol. The molecule has 0 aliphatic carbocycles. The standard InChI is InChI=1S/C24H26N6O2S/c1-4-32-17-8-10-19-18(13-17)15(2)25-24(26-19)30-11-5-6-22(30)23(31)29(3)14-16-7-9-20-21(12-16)28-33-27-20/h7-10,12-13,22H,4-6,11,14H2,1-3H3. The normalized spacial score (nSPS) is 16.0. The van der Waals surface area contributed by atoms with E-state index in [4.69, 9.17) is 14.7 Å². The molecule has 0 N–H and O–H groups in total. The molecular weight excluding hydrogens is 436 g/mol. The smallest absolute Gasteiger partial charge is 0.245 e. The lowest BCUT2D eigenvalue weighted by molar-refractivity contribution is -0.131. The van der Waals surface area contributed by atoms with Crippen molar-refractivity contribution in [1.82, 2.24) is 23.6 Å². The van der Waals surface area contributed by atoms with Gasteiger partial charge < -0.3 is 14.5 Å². The fourth-order valence-electron chi connectivity index (χ4n) is 4.43. The van der Waals surface area contributed by atoms with Crippen LogP contribution in [-0.4, -0.2) is 55.8 Å². The van der Waals surface area contributed by atoms with Crippen molar-refractivity contribution in [2.75, 3.05) is 25.1 Å². The van der Waals surface area contributed by atoms with Crippen LogP contribution in [0.4, 0.5) is 5.95 Å². The Labute approximate surface area is 196 Å². The summed E-state index contributed by atoms with van der Waals surface area (Å²) < 4.78 is 14.2. The molecule has 33 heavy (non-hydrogen) atoms. The lowest BCUT2D eigenvalue weighted by atomic mass is 10.1. The molecule has 2 aromatic carbocycles. The topological polar surface area (TPSA) is 84.3 Å². The second kappa shape index (κ2) is 8.90. The molecular formula is C24H26N6O2S. The van der Waals surface area contributed by atoms with Crippen LogP contribution in [0.25, 0.3) is 21.9 Å². The van der Waals surface area contributed by atoms with Gasteiger partial charge in [-0.2, -0.15) is 8.75 Å². The summed E-state index contributed by atoms with van der Waals surface area (Å²) in [6.45, 7) is 5.85. The lowest BCUT2D eigenvalue weighted by Gasteiger charge is -2.28. The summed E-state index contributed by atoms with van der Waals surface area (Å²) in [5.41, 5.74) is 4.54. The summed E-state index contributed by atoms with van der Waals surface area (Å²) in [4.78, 5) is 26.8. The van der Waals surface area contributed by atoms with Gasteiger partial charge in [0.05, 0.1) is 29.5 Å². The number of carbonyl (C=O) groups is 1. The lowest BCUT2D eigenvalue weighted by Crippen LogP contribution is -2.44. The highest BCUT2D eigenvalue weighted by Crippen LogP contribution is 2.28. The van der Waals surface area contributed by atoms with Gasteiger partial charge in [0.25, 0.3) is 0 Å². The van der Waals surface area contributed by atoms with E-state index in [0.717, 1.165) is 58.3 Å². The zero-order valence-corrected chi connectivity index (χ0v) is 19.8. The molecule has 0 bridgehead atoms. The molecule has 1 saturated heterocycles. The van der Waals surface area contributed by atoms with E-state index in [2.05, 4.69) is 13.6 Å². The minimum absolute atomic E-state index is 0.0806. The summed E-state index contributed by atoms with van der Waals surface area (Å²) in [7, 11) is 1.85. The van der Waals surface area contributed by atoms with Crippen LogP contribution >= 0.6 is 11.7 Å². The van der Waals surface area contributed by atoms with Gasteiger partial charge in [0.2, 0.25) is 11.9 Å². The largest absolute Gasteiger partial charge is 0.494 e. The van der Waals surface area contributed by atoms with E-state index in [1.165, 1.54) is 11.7 Å². The molecule has 9 heteroatoms. The summed E-state index contributed by atoms with van der Waals surface area (Å²) in [5.74, 6) is 1.51. The molecule has 5 rings (SSSR count). The SMILES string of the molecule is CCOc1ccc2nc(N3CCCC3C(=O)N(C)Cc3ccc4nsnc4c3)nc(C)c2c1. The average Bonchev–Trinajstić information content (AvgIpc) is 3.48. The Kier molecular flexibility index (Phi) is 5.80. The molecule has 170 valence electrons. The summed E-state index contributed by atoms with van der Waals surface area (Å²) in [6, 6.07) is 11.6. The maximum Gasteiger partial charge on any atom is 0.245 e. The number of fused-ring (bicyclic) bond motifs is 2. The Balaban J connectivity index is 1.37. The maximum absolute atomic E-state index is 13.4. The highest BCUT2D eigenvalue weighted by molar-refractivity contribution is 7.00. The first-order valence-electron chi connectivity index (χ1n) is 11.2. The fourth-order valence-corrected chi connectivity index (χ4v) is 4.94. The summed E-state index contributed by atoms with van der Waals surface area (Å²) in [6.07, 6.45) is 1.73. The van der Waals surface area contributed by atoms with Gasteiger partial charge in [-0.1, -0.05) is 6.07 Å². The van der Waals surface area contributed by atoms with Crippen molar-refractivity contribution in [1.29, 1.82) is 0 Å². The number of nitrogens with zero attached hydrogens (tertiary/aromatic N) is 6. The molecule has 1 atom stereocenters. The molecule has 1 fully saturated rings. The Morgan fingerprint density at radius 2 is 1.97 bits per heavy atom. The fraction of sp³-hybridized carbons (Fsp3) is 0.375. The Bertz CT molecular complexity index is 1320. The van der Waals surface area contributed by atoms with Crippen molar-refractivity contribution >= 4 is 45.5 Å². The number of hydrogen-bond acceptors (Lipinski definition) is 8. The van der Waals surface area contributed by atoms with Crippen molar-refractivity contribution in [3.8, 4) is 5.75 Å². The number of hydrogen-bond donors (Lipinski definition) is 0. The van der Waals surface area contributed by atoms with Crippen LogP contribution in [0, 0.1) is 6.92 Å². The van der Waals surface area contributed by atoms with Crippen molar-refractivity contribution < 1.29 is 9.53 Å². The Morgan fingerprint density at radius 1 is 1.15 bits per heavy atom. The molecule has 1 aliphatic rings. The molecule has 0 radical (unpaired) electrons. The zero-order valence-electron chi connectivity index (χ0n) is 19.0. The molecule has 1 aliphatic heterocycles. The van der Waals surface area contributed by atoms with Gasteiger partial charge in [0.1, 0.15) is 22.8 Å². The van der Waals surface area contributed by atoms with Crippen LogP contribution in [-0.2, 0) is 11.3 Å². The third-order valence-electron chi connectivity index (χ3n) is 6.07. The number of amides is 1. The second-order valence-corrected chi connectivity index (χ2v) is 8.88. The van der Waals surface area contributed by atoms with Crippen LogP contribution < -0.4 is 9.64 Å². The van der Waals surface area contributed by atoms with Crippen molar-refractivity contribution in [2.45, 2.75) is 39.3 Å². The summed E-state index contributed by atoms with van der Waals surface area (Å²) in [5, 5.41) is 0.968. The van der Waals surface area contributed by atoms with Crippen molar-refractivity contribution in [3.05, 3.63) is 47.7 Å². The molecule has 3 heterocycles. The van der Waals surface area contributed by atoms with E-state index in [9.17, 15) is 4.79 Å². The first kappa shape index (κ1) is 21.5. The highest BCUT2D eigenvalue weighted by Gasteiger charge is 2.34. The van der Waals surface area contributed by atoms with Gasteiger partial charge in [0.15, 0.2) is 0 Å². The molecule has 4 aromatic rings. The Hall–Kier alpha value is -3.33. The number of aromatic nitrogens is 4. The highest BCUT2D eigenvalue weighted by atomic mass is 32.1. The molecule has 1 amide bonds. The van der Waals surface area contributed by atoms with Gasteiger partial charge in [-0.3, -0.25) is 4.79 Å². The van der Waals surface area contributed by atoms with Gasteiger partial charge in [-0.05, 0) is 62.6 Å². The van der Waals surface area contributed by atoms with Crippen LogP contribution in [0.3, 0.4) is 0 Å². The van der Waals surface area contributed by atoms with E-state index >= 15 is 0 Å². The third kappa shape index (κ3) is 4.20. The van der Waals surface area contributed by atoms with E-state index in [0.29, 0.717) is 19.1 Å². The van der Waals surface area contributed by atoms with Crippen LogP contribution in [0.2, 0.25) is 0 Å². The monoisotopic (exact) mass is 462 g/mol. The second-order valence-electron chi connectivity index (χ2n) is 8.35. The van der Waals surface area contributed by atoms with Crippen molar-refractivity contribution in [3.63, 3.8) is 0 Å².